The van der Waals surface area contributed by atoms with Crippen LogP contribution in [0.3, 0.4) is 0 Å². The molecule has 2 nitrogen and oxygen atoms in total. The van der Waals surface area contributed by atoms with Crippen molar-refractivity contribution >= 4 is 11.8 Å². The summed E-state index contributed by atoms with van der Waals surface area (Å²) in [6, 6.07) is 15.2. The molecule has 110 valence electrons. The molecule has 0 saturated carbocycles. The first-order valence-electron chi connectivity index (χ1n) is 7.40. The average Bonchev–Trinajstić information content (AvgIpc) is 3.00. The smallest absolute Gasteiger partial charge is 0.122 e. The van der Waals surface area contributed by atoms with Gasteiger partial charge in [0.15, 0.2) is 0 Å². The van der Waals surface area contributed by atoms with Crippen molar-refractivity contribution in [2.24, 2.45) is 5.73 Å². The van der Waals surface area contributed by atoms with Crippen molar-refractivity contribution in [3.8, 4) is 5.75 Å². The van der Waals surface area contributed by atoms with Crippen LogP contribution < -0.4 is 10.5 Å². The molecule has 3 heteroatoms. The van der Waals surface area contributed by atoms with Gasteiger partial charge in [0, 0.05) is 17.4 Å². The third-order valence-corrected chi connectivity index (χ3v) is 4.79. The lowest BCUT2D eigenvalue weighted by Gasteiger charge is -2.13. The summed E-state index contributed by atoms with van der Waals surface area (Å²) in [7, 11) is 0. The Labute approximate surface area is 130 Å². The van der Waals surface area contributed by atoms with Crippen molar-refractivity contribution in [2.45, 2.75) is 30.2 Å². The van der Waals surface area contributed by atoms with Gasteiger partial charge in [0.2, 0.25) is 0 Å². The molecule has 0 spiro atoms. The number of fused-ring (bicyclic) bond motifs is 1. The van der Waals surface area contributed by atoms with E-state index in [1.165, 1.54) is 21.6 Å². The van der Waals surface area contributed by atoms with E-state index in [2.05, 4.69) is 48.7 Å². The van der Waals surface area contributed by atoms with Crippen LogP contribution in [0.25, 0.3) is 0 Å². The summed E-state index contributed by atoms with van der Waals surface area (Å²) < 4.78 is 5.54. The van der Waals surface area contributed by atoms with E-state index < -0.39 is 0 Å². The third-order valence-electron chi connectivity index (χ3n) is 4.04. The van der Waals surface area contributed by atoms with E-state index in [1.807, 2.05) is 0 Å². The van der Waals surface area contributed by atoms with E-state index in [9.17, 15) is 0 Å². The maximum atomic E-state index is 6.32. The van der Waals surface area contributed by atoms with Gasteiger partial charge in [0.1, 0.15) is 5.75 Å². The predicted octanol–water partition coefficient (Wildman–Crippen LogP) is 3.98. The maximum Gasteiger partial charge on any atom is 0.122 e. The quantitative estimate of drug-likeness (QED) is 0.848. The molecule has 0 fully saturated rings. The van der Waals surface area contributed by atoms with Crippen LogP contribution >= 0.6 is 11.8 Å². The van der Waals surface area contributed by atoms with Gasteiger partial charge < -0.3 is 10.5 Å². The van der Waals surface area contributed by atoms with Crippen LogP contribution in [0.5, 0.6) is 5.75 Å². The average molecular weight is 299 g/mol. The van der Waals surface area contributed by atoms with Gasteiger partial charge in [0.05, 0.1) is 6.61 Å². The molecule has 0 amide bonds. The first-order valence-corrected chi connectivity index (χ1v) is 8.63. The molecule has 1 unspecified atom stereocenters. The van der Waals surface area contributed by atoms with Crippen molar-refractivity contribution < 1.29 is 4.74 Å². The lowest BCUT2D eigenvalue weighted by Crippen LogP contribution is -2.11. The van der Waals surface area contributed by atoms with Crippen LogP contribution in [-0.2, 0) is 12.8 Å². The van der Waals surface area contributed by atoms with Crippen molar-refractivity contribution in [3.63, 3.8) is 0 Å². The van der Waals surface area contributed by atoms with Gasteiger partial charge in [-0.05, 0) is 54.0 Å². The minimum absolute atomic E-state index is 0.102. The normalized spacial score (nSPS) is 14.6. The summed E-state index contributed by atoms with van der Waals surface area (Å²) >= 11 is 1.76. The maximum absolute atomic E-state index is 6.32. The molecule has 0 aromatic heterocycles. The largest absolute Gasteiger partial charge is 0.493 e. The fourth-order valence-corrected chi connectivity index (χ4v) is 3.14. The predicted molar refractivity (Wildman–Crippen MR) is 89.1 cm³/mol. The Hall–Kier alpha value is -1.45. The molecule has 2 aromatic carbocycles. The van der Waals surface area contributed by atoms with E-state index in [0.29, 0.717) is 0 Å². The van der Waals surface area contributed by atoms with Crippen LogP contribution in [0.15, 0.2) is 47.4 Å². The van der Waals surface area contributed by atoms with Gasteiger partial charge in [-0.15, -0.1) is 11.8 Å². The molecule has 0 bridgehead atoms. The molecule has 1 aliphatic rings. The molecule has 2 N–H and O–H groups in total. The van der Waals surface area contributed by atoms with Crippen LogP contribution in [0.4, 0.5) is 0 Å². The second kappa shape index (κ2) is 6.54. The number of benzene rings is 2. The van der Waals surface area contributed by atoms with Gasteiger partial charge in [-0.3, -0.25) is 0 Å². The molecule has 2 aromatic rings. The number of hydrogen-bond acceptors (Lipinski definition) is 3. The Balaban J connectivity index is 1.61. The zero-order valence-electron chi connectivity index (χ0n) is 12.3. The molecule has 1 aliphatic heterocycles. The van der Waals surface area contributed by atoms with E-state index in [0.717, 1.165) is 31.6 Å². The second-order valence-corrected chi connectivity index (χ2v) is 6.34. The molecular weight excluding hydrogens is 278 g/mol. The summed E-state index contributed by atoms with van der Waals surface area (Å²) in [5.41, 5.74) is 10.2. The number of ether oxygens (including phenoxy) is 1. The van der Waals surface area contributed by atoms with Crippen LogP contribution in [0.2, 0.25) is 0 Å². The van der Waals surface area contributed by atoms with Gasteiger partial charge >= 0.3 is 0 Å². The minimum atomic E-state index is 0.102. The standard InChI is InChI=1S/C18H21NOS/c1-21-16-6-4-14(5-7-16)17(19)8-2-13-3-9-18-15(12-13)10-11-20-18/h3-7,9,12,17H,2,8,10-11,19H2,1H3. The minimum Gasteiger partial charge on any atom is -0.493 e. The lowest BCUT2D eigenvalue weighted by atomic mass is 9.98. The van der Waals surface area contributed by atoms with Crippen molar-refractivity contribution in [2.75, 3.05) is 12.9 Å². The molecular formula is C18H21NOS. The van der Waals surface area contributed by atoms with Crippen molar-refractivity contribution in [1.82, 2.24) is 0 Å². The molecule has 0 aliphatic carbocycles. The molecule has 1 heterocycles. The van der Waals surface area contributed by atoms with Crippen LogP contribution in [0.1, 0.15) is 29.2 Å². The van der Waals surface area contributed by atoms with E-state index >= 15 is 0 Å². The summed E-state index contributed by atoms with van der Waals surface area (Å²) in [5.74, 6) is 1.05. The van der Waals surface area contributed by atoms with Crippen LogP contribution in [0, 0.1) is 0 Å². The Morgan fingerprint density at radius 3 is 2.76 bits per heavy atom. The zero-order chi connectivity index (χ0) is 14.7. The summed E-state index contributed by atoms with van der Waals surface area (Å²) in [6.45, 7) is 0.820. The third kappa shape index (κ3) is 3.42. The van der Waals surface area contributed by atoms with Gasteiger partial charge in [-0.2, -0.15) is 0 Å². The summed E-state index contributed by atoms with van der Waals surface area (Å²) in [6.07, 6.45) is 5.11. The number of hydrogen-bond donors (Lipinski definition) is 1. The number of aryl methyl sites for hydroxylation is 1. The van der Waals surface area contributed by atoms with E-state index in [-0.39, 0.29) is 6.04 Å². The van der Waals surface area contributed by atoms with Crippen molar-refractivity contribution in [1.29, 1.82) is 0 Å². The summed E-state index contributed by atoms with van der Waals surface area (Å²) in [4.78, 5) is 1.28. The van der Waals surface area contributed by atoms with Crippen molar-refractivity contribution in [3.05, 3.63) is 59.2 Å². The first kappa shape index (κ1) is 14.5. The van der Waals surface area contributed by atoms with Crippen LogP contribution in [-0.4, -0.2) is 12.9 Å². The Morgan fingerprint density at radius 2 is 2.00 bits per heavy atom. The second-order valence-electron chi connectivity index (χ2n) is 5.46. The number of nitrogens with two attached hydrogens (primary N) is 1. The first-order chi connectivity index (χ1) is 10.3. The zero-order valence-corrected chi connectivity index (χ0v) is 13.2. The molecule has 21 heavy (non-hydrogen) atoms. The lowest BCUT2D eigenvalue weighted by molar-refractivity contribution is 0.357. The fourth-order valence-electron chi connectivity index (χ4n) is 2.74. The highest BCUT2D eigenvalue weighted by molar-refractivity contribution is 7.98. The SMILES string of the molecule is CSc1ccc(C(N)CCc2ccc3c(c2)CCO3)cc1. The molecule has 3 rings (SSSR count). The molecule has 0 radical (unpaired) electrons. The summed E-state index contributed by atoms with van der Waals surface area (Å²) in [5, 5.41) is 0. The topological polar surface area (TPSA) is 35.2 Å². The van der Waals surface area contributed by atoms with Gasteiger partial charge in [0.25, 0.3) is 0 Å². The Bertz CT molecular complexity index is 609. The van der Waals surface area contributed by atoms with Gasteiger partial charge in [-0.1, -0.05) is 24.3 Å². The number of thioether (sulfide) groups is 1. The highest BCUT2D eigenvalue weighted by Gasteiger charge is 2.13. The Morgan fingerprint density at radius 1 is 1.19 bits per heavy atom. The monoisotopic (exact) mass is 299 g/mol. The molecule has 1 atom stereocenters. The van der Waals surface area contributed by atoms with Gasteiger partial charge in [-0.25, -0.2) is 0 Å². The molecule has 0 saturated heterocycles. The van der Waals surface area contributed by atoms with E-state index in [1.54, 1.807) is 11.8 Å². The highest BCUT2D eigenvalue weighted by atomic mass is 32.2. The number of rotatable bonds is 5. The van der Waals surface area contributed by atoms with E-state index in [4.69, 9.17) is 10.5 Å². The fraction of sp³-hybridized carbons (Fsp3) is 0.333. The highest BCUT2D eigenvalue weighted by Crippen LogP contribution is 2.27. The Kier molecular flexibility index (Phi) is 4.51.